The summed E-state index contributed by atoms with van der Waals surface area (Å²) in [7, 11) is 0. The third-order valence-electron chi connectivity index (χ3n) is 2.37. The van der Waals surface area contributed by atoms with Gasteiger partial charge in [0.15, 0.2) is 5.13 Å². The van der Waals surface area contributed by atoms with Crippen LogP contribution in [-0.4, -0.2) is 15.0 Å². The van der Waals surface area contributed by atoms with Gasteiger partial charge in [0, 0.05) is 29.5 Å². The van der Waals surface area contributed by atoms with Gasteiger partial charge in [-0.05, 0) is 24.3 Å². The summed E-state index contributed by atoms with van der Waals surface area (Å²) in [5.74, 6) is 0.784. The fourth-order valence-electron chi connectivity index (χ4n) is 1.57. The molecule has 0 spiro atoms. The fraction of sp³-hybridized carbons (Fsp3) is 0. The first-order valence-electron chi connectivity index (χ1n) is 5.46. The number of nitrogens with one attached hydrogen (secondary N) is 1. The highest BCUT2D eigenvalue weighted by molar-refractivity contribution is 7.13. The quantitative estimate of drug-likeness (QED) is 0.778. The zero-order chi connectivity index (χ0) is 12.2. The highest BCUT2D eigenvalue weighted by Crippen LogP contribution is 2.21. The van der Waals surface area contributed by atoms with Crippen LogP contribution < -0.4 is 5.32 Å². The summed E-state index contributed by atoms with van der Waals surface area (Å²) in [5.41, 5.74) is 1.89. The predicted octanol–water partition coefficient (Wildman–Crippen LogP) is 3.34. The summed E-state index contributed by atoms with van der Waals surface area (Å²) in [6.45, 7) is 0. The molecule has 4 nitrogen and oxygen atoms in total. The Balaban J connectivity index is 1.90. The lowest BCUT2D eigenvalue weighted by Gasteiger charge is -2.04. The highest BCUT2D eigenvalue weighted by Gasteiger charge is 2.02. The first kappa shape index (κ1) is 10.9. The minimum Gasteiger partial charge on any atom is -0.316 e. The van der Waals surface area contributed by atoms with Gasteiger partial charge in [0.05, 0.1) is 5.69 Å². The molecule has 0 aliphatic rings. The molecular weight excluding hydrogens is 244 g/mol. The molecule has 0 bridgehead atoms. The van der Waals surface area contributed by atoms with Gasteiger partial charge >= 0.3 is 0 Å². The lowest BCUT2D eigenvalue weighted by atomic mass is 10.2. The monoisotopic (exact) mass is 254 g/mol. The molecule has 0 unspecified atom stereocenters. The van der Waals surface area contributed by atoms with Crippen LogP contribution in [0.1, 0.15) is 0 Å². The van der Waals surface area contributed by atoms with E-state index >= 15 is 0 Å². The summed E-state index contributed by atoms with van der Waals surface area (Å²) >= 11 is 1.54. The standard InChI is InChI=1S/C13H10N4S/c1-4-11(10-3-2-6-14-9-10)16-12(5-1)17-13-15-7-8-18-13/h1-9H,(H,15,16,17). The summed E-state index contributed by atoms with van der Waals surface area (Å²) in [4.78, 5) is 12.8. The average Bonchev–Trinajstić information content (AvgIpc) is 2.93. The van der Waals surface area contributed by atoms with Crippen molar-refractivity contribution in [2.45, 2.75) is 0 Å². The van der Waals surface area contributed by atoms with E-state index in [1.54, 1.807) is 29.9 Å². The van der Waals surface area contributed by atoms with Gasteiger partial charge < -0.3 is 5.32 Å². The van der Waals surface area contributed by atoms with E-state index in [0.717, 1.165) is 22.2 Å². The molecule has 0 aromatic carbocycles. The topological polar surface area (TPSA) is 50.7 Å². The van der Waals surface area contributed by atoms with Crippen molar-refractivity contribution in [2.75, 3.05) is 5.32 Å². The maximum Gasteiger partial charge on any atom is 0.188 e. The van der Waals surface area contributed by atoms with Crippen molar-refractivity contribution < 1.29 is 0 Å². The van der Waals surface area contributed by atoms with E-state index in [1.165, 1.54) is 0 Å². The second kappa shape index (κ2) is 4.93. The molecule has 0 aliphatic carbocycles. The molecule has 0 aliphatic heterocycles. The lowest BCUT2D eigenvalue weighted by molar-refractivity contribution is 1.26. The Morgan fingerprint density at radius 3 is 2.83 bits per heavy atom. The first-order chi connectivity index (χ1) is 8.92. The Labute approximate surface area is 108 Å². The molecule has 0 fully saturated rings. The molecule has 3 aromatic rings. The number of aromatic nitrogens is 3. The van der Waals surface area contributed by atoms with Gasteiger partial charge in [-0.1, -0.05) is 6.07 Å². The van der Waals surface area contributed by atoms with E-state index in [9.17, 15) is 0 Å². The van der Waals surface area contributed by atoms with Crippen LogP contribution in [-0.2, 0) is 0 Å². The number of pyridine rings is 2. The molecule has 5 heteroatoms. The van der Waals surface area contributed by atoms with Crippen LogP contribution in [0.4, 0.5) is 10.9 Å². The van der Waals surface area contributed by atoms with Crippen LogP contribution in [0.15, 0.2) is 54.3 Å². The minimum atomic E-state index is 0.784. The molecule has 3 heterocycles. The van der Waals surface area contributed by atoms with Gasteiger partial charge in [-0.2, -0.15) is 0 Å². The maximum atomic E-state index is 4.53. The third kappa shape index (κ3) is 2.36. The van der Waals surface area contributed by atoms with Crippen molar-refractivity contribution >= 4 is 22.3 Å². The van der Waals surface area contributed by atoms with Gasteiger partial charge in [-0.15, -0.1) is 11.3 Å². The Bertz CT molecular complexity index is 623. The number of rotatable bonds is 3. The molecule has 18 heavy (non-hydrogen) atoms. The molecule has 0 radical (unpaired) electrons. The fourth-order valence-corrected chi connectivity index (χ4v) is 2.11. The molecule has 3 rings (SSSR count). The van der Waals surface area contributed by atoms with E-state index in [1.807, 2.05) is 35.7 Å². The van der Waals surface area contributed by atoms with Gasteiger partial charge in [-0.3, -0.25) is 4.98 Å². The number of hydrogen-bond donors (Lipinski definition) is 1. The van der Waals surface area contributed by atoms with Crippen molar-refractivity contribution in [3.05, 3.63) is 54.3 Å². The summed E-state index contributed by atoms with van der Waals surface area (Å²) < 4.78 is 0. The van der Waals surface area contributed by atoms with E-state index in [0.29, 0.717) is 0 Å². The Morgan fingerprint density at radius 1 is 1.06 bits per heavy atom. The van der Waals surface area contributed by atoms with Crippen molar-refractivity contribution in [2.24, 2.45) is 0 Å². The average molecular weight is 254 g/mol. The third-order valence-corrected chi connectivity index (χ3v) is 3.06. The van der Waals surface area contributed by atoms with Crippen LogP contribution in [0.2, 0.25) is 0 Å². The number of anilines is 2. The van der Waals surface area contributed by atoms with Crippen LogP contribution in [0.5, 0.6) is 0 Å². The summed E-state index contributed by atoms with van der Waals surface area (Å²) in [5, 5.41) is 5.93. The Morgan fingerprint density at radius 2 is 2.06 bits per heavy atom. The van der Waals surface area contributed by atoms with E-state index in [4.69, 9.17) is 0 Å². The largest absolute Gasteiger partial charge is 0.316 e. The van der Waals surface area contributed by atoms with Crippen molar-refractivity contribution in [3.8, 4) is 11.3 Å². The van der Waals surface area contributed by atoms with Crippen molar-refractivity contribution in [3.63, 3.8) is 0 Å². The van der Waals surface area contributed by atoms with Crippen molar-refractivity contribution in [1.29, 1.82) is 0 Å². The molecule has 0 amide bonds. The zero-order valence-electron chi connectivity index (χ0n) is 9.45. The SMILES string of the molecule is c1cncc(-c2cccc(Nc3nccs3)n2)c1. The van der Waals surface area contributed by atoms with Gasteiger partial charge in [-0.25, -0.2) is 9.97 Å². The maximum absolute atomic E-state index is 4.53. The smallest absolute Gasteiger partial charge is 0.188 e. The van der Waals surface area contributed by atoms with E-state index in [-0.39, 0.29) is 0 Å². The second-order valence-electron chi connectivity index (χ2n) is 3.61. The minimum absolute atomic E-state index is 0.784. The molecule has 0 saturated heterocycles. The molecule has 0 saturated carbocycles. The number of thiazole rings is 1. The molecule has 88 valence electrons. The zero-order valence-corrected chi connectivity index (χ0v) is 10.3. The van der Waals surface area contributed by atoms with Gasteiger partial charge in [0.25, 0.3) is 0 Å². The molecule has 3 aromatic heterocycles. The van der Waals surface area contributed by atoms with Crippen LogP contribution in [0, 0.1) is 0 Å². The summed E-state index contributed by atoms with van der Waals surface area (Å²) in [6, 6.07) is 9.73. The highest BCUT2D eigenvalue weighted by atomic mass is 32.1. The number of hydrogen-bond acceptors (Lipinski definition) is 5. The van der Waals surface area contributed by atoms with E-state index in [2.05, 4.69) is 20.3 Å². The predicted molar refractivity (Wildman–Crippen MR) is 72.9 cm³/mol. The first-order valence-corrected chi connectivity index (χ1v) is 6.34. The Hall–Kier alpha value is -2.27. The van der Waals surface area contributed by atoms with E-state index < -0.39 is 0 Å². The second-order valence-corrected chi connectivity index (χ2v) is 4.51. The summed E-state index contributed by atoms with van der Waals surface area (Å²) in [6.07, 6.45) is 5.31. The van der Waals surface area contributed by atoms with Crippen LogP contribution in [0.25, 0.3) is 11.3 Å². The van der Waals surface area contributed by atoms with Crippen LogP contribution >= 0.6 is 11.3 Å². The normalized spacial score (nSPS) is 10.2. The van der Waals surface area contributed by atoms with Crippen LogP contribution in [0.3, 0.4) is 0 Å². The Kier molecular flexibility index (Phi) is 2.97. The van der Waals surface area contributed by atoms with Gasteiger partial charge in [0.2, 0.25) is 0 Å². The lowest BCUT2D eigenvalue weighted by Crippen LogP contribution is -1.94. The van der Waals surface area contributed by atoms with Gasteiger partial charge in [0.1, 0.15) is 5.82 Å². The molecule has 0 atom stereocenters. The van der Waals surface area contributed by atoms with Crippen molar-refractivity contribution in [1.82, 2.24) is 15.0 Å². The number of nitrogens with zero attached hydrogens (tertiary/aromatic N) is 3. The molecular formula is C13H10N4S. The molecule has 1 N–H and O–H groups in total.